The Hall–Kier alpha value is -2.71. The monoisotopic (exact) mass is 469 g/mol. The number of nitrogens with zero attached hydrogens (tertiary/aromatic N) is 2. The van der Waals surface area contributed by atoms with Crippen molar-refractivity contribution in [3.8, 4) is 0 Å². The van der Waals surface area contributed by atoms with Gasteiger partial charge in [-0.2, -0.15) is 4.31 Å². The summed E-state index contributed by atoms with van der Waals surface area (Å²) < 4.78 is 28.4. The van der Waals surface area contributed by atoms with E-state index in [1.165, 1.54) is 10.4 Å². The number of hydrogen-bond acceptors (Lipinski definition) is 4. The lowest BCUT2D eigenvalue weighted by molar-refractivity contribution is -0.117. The van der Waals surface area contributed by atoms with Crippen LogP contribution in [0.5, 0.6) is 0 Å². The van der Waals surface area contributed by atoms with Crippen LogP contribution < -0.4 is 10.2 Å². The van der Waals surface area contributed by atoms with Crippen molar-refractivity contribution in [3.63, 3.8) is 0 Å². The quantitative estimate of drug-likeness (QED) is 0.714. The summed E-state index contributed by atoms with van der Waals surface area (Å²) in [6.07, 6.45) is 2.96. The van der Waals surface area contributed by atoms with Gasteiger partial charge in [0.15, 0.2) is 0 Å². The van der Waals surface area contributed by atoms with Crippen LogP contribution in [-0.4, -0.2) is 44.2 Å². The number of aryl methyl sites for hydroxylation is 1. The first-order valence-electron chi connectivity index (χ1n) is 11.5. The van der Waals surface area contributed by atoms with E-state index in [2.05, 4.69) is 12.2 Å². The Morgan fingerprint density at radius 1 is 1.06 bits per heavy atom. The molecule has 0 aromatic heterocycles. The summed E-state index contributed by atoms with van der Waals surface area (Å²) in [7, 11) is -3.70. The topological polar surface area (TPSA) is 86.8 Å². The summed E-state index contributed by atoms with van der Waals surface area (Å²) in [4.78, 5) is 27.3. The summed E-state index contributed by atoms with van der Waals surface area (Å²) in [5, 5.41) is 2.89. The number of sulfonamides is 1. The van der Waals surface area contributed by atoms with Gasteiger partial charge in [-0.15, -0.1) is 0 Å². The number of rotatable bonds is 5. The lowest BCUT2D eigenvalue weighted by Crippen LogP contribution is -2.38. The largest absolute Gasteiger partial charge is 0.320 e. The molecule has 2 aliphatic rings. The van der Waals surface area contributed by atoms with Crippen LogP contribution in [0.2, 0.25) is 0 Å². The molecule has 2 fully saturated rings. The van der Waals surface area contributed by atoms with Gasteiger partial charge in [0.25, 0.3) is 5.91 Å². The Labute approximate surface area is 195 Å². The van der Waals surface area contributed by atoms with Gasteiger partial charge in [-0.25, -0.2) is 8.42 Å². The van der Waals surface area contributed by atoms with Gasteiger partial charge in [-0.3, -0.25) is 9.59 Å². The molecule has 0 spiro atoms. The first-order valence-corrected chi connectivity index (χ1v) is 12.9. The molecule has 8 heteroatoms. The van der Waals surface area contributed by atoms with Crippen LogP contribution in [0.15, 0.2) is 41.3 Å². The normalized spacial score (nSPS) is 18.0. The maximum Gasteiger partial charge on any atom is 0.255 e. The second-order valence-electron chi connectivity index (χ2n) is 9.12. The molecule has 0 unspecified atom stereocenters. The zero-order chi connectivity index (χ0) is 23.8. The molecule has 2 saturated heterocycles. The molecule has 2 aromatic rings. The first-order chi connectivity index (χ1) is 15.7. The van der Waals surface area contributed by atoms with E-state index in [4.69, 9.17) is 0 Å². The highest BCUT2D eigenvalue weighted by Crippen LogP contribution is 2.31. The van der Waals surface area contributed by atoms with Crippen molar-refractivity contribution in [2.75, 3.05) is 29.9 Å². The highest BCUT2D eigenvalue weighted by Gasteiger charge is 2.31. The molecule has 2 aromatic carbocycles. The molecular formula is C25H31N3O4S. The standard InChI is InChI=1S/C25H31N3O4S/c1-17-10-13-27(14-11-17)33(31,32)23-16-20(15-18(2)19(23)3)25(30)26-21-7-4-5-8-22(21)28-12-6-9-24(28)29/h4-5,7-8,15-17H,6,9-14H2,1-3H3,(H,26,30). The Morgan fingerprint density at radius 3 is 2.42 bits per heavy atom. The Morgan fingerprint density at radius 2 is 1.76 bits per heavy atom. The summed E-state index contributed by atoms with van der Waals surface area (Å²) in [5.41, 5.74) is 2.88. The molecule has 0 bridgehead atoms. The fourth-order valence-corrected chi connectivity index (χ4v) is 6.30. The molecule has 1 N–H and O–H groups in total. The molecule has 176 valence electrons. The van der Waals surface area contributed by atoms with E-state index in [0.717, 1.165) is 24.8 Å². The van der Waals surface area contributed by atoms with Crippen molar-refractivity contribution in [1.29, 1.82) is 0 Å². The Balaban J connectivity index is 1.64. The fraction of sp³-hybridized carbons (Fsp3) is 0.440. The SMILES string of the molecule is Cc1cc(C(=O)Nc2ccccc2N2CCCC2=O)cc(S(=O)(=O)N2CCC(C)CC2)c1C. The number of carbonyl (C=O) groups excluding carboxylic acids is 2. The number of hydrogen-bond donors (Lipinski definition) is 1. The van der Waals surface area contributed by atoms with E-state index in [9.17, 15) is 18.0 Å². The maximum atomic E-state index is 13.4. The number of piperidine rings is 1. The molecule has 0 saturated carbocycles. The zero-order valence-corrected chi connectivity index (χ0v) is 20.2. The van der Waals surface area contributed by atoms with Crippen molar-refractivity contribution in [2.45, 2.75) is 51.3 Å². The van der Waals surface area contributed by atoms with Crippen LogP contribution in [0.25, 0.3) is 0 Å². The van der Waals surface area contributed by atoms with Crippen molar-refractivity contribution in [1.82, 2.24) is 4.31 Å². The third-order valence-corrected chi connectivity index (χ3v) is 8.78. The summed E-state index contributed by atoms with van der Waals surface area (Å²) in [6, 6.07) is 10.4. The van der Waals surface area contributed by atoms with Gasteiger partial charge in [0.2, 0.25) is 15.9 Å². The van der Waals surface area contributed by atoms with Crippen LogP contribution in [0.1, 0.15) is 54.1 Å². The minimum Gasteiger partial charge on any atom is -0.320 e. The zero-order valence-electron chi connectivity index (χ0n) is 19.4. The van der Waals surface area contributed by atoms with E-state index < -0.39 is 15.9 Å². The summed E-state index contributed by atoms with van der Waals surface area (Å²) in [5.74, 6) is 0.145. The van der Waals surface area contributed by atoms with E-state index in [1.54, 1.807) is 30.0 Å². The average molecular weight is 470 g/mol. The third-order valence-electron chi connectivity index (χ3n) is 6.76. The van der Waals surface area contributed by atoms with Crippen LogP contribution in [0.3, 0.4) is 0 Å². The van der Waals surface area contributed by atoms with Crippen molar-refractivity contribution in [3.05, 3.63) is 53.1 Å². The first kappa shape index (κ1) is 23.4. The van der Waals surface area contributed by atoms with Crippen LogP contribution >= 0.6 is 0 Å². The van der Waals surface area contributed by atoms with Gasteiger partial charge in [-0.05, 0) is 74.4 Å². The molecular weight excluding hydrogens is 438 g/mol. The van der Waals surface area contributed by atoms with E-state index in [0.29, 0.717) is 48.9 Å². The molecule has 0 radical (unpaired) electrons. The number of amides is 2. The fourth-order valence-electron chi connectivity index (χ4n) is 4.50. The van der Waals surface area contributed by atoms with Crippen molar-refractivity contribution < 1.29 is 18.0 Å². The number of carbonyl (C=O) groups is 2. The lowest BCUT2D eigenvalue weighted by atomic mass is 10.0. The van der Waals surface area contributed by atoms with Crippen molar-refractivity contribution in [2.24, 2.45) is 5.92 Å². The average Bonchev–Trinajstić information content (AvgIpc) is 3.21. The smallest absolute Gasteiger partial charge is 0.255 e. The molecule has 0 atom stereocenters. The lowest BCUT2D eigenvalue weighted by Gasteiger charge is -2.30. The molecule has 2 amide bonds. The Bertz CT molecular complexity index is 1180. The van der Waals surface area contributed by atoms with Gasteiger partial charge in [-0.1, -0.05) is 19.1 Å². The maximum absolute atomic E-state index is 13.4. The second kappa shape index (κ2) is 9.27. The summed E-state index contributed by atoms with van der Waals surface area (Å²) in [6.45, 7) is 7.35. The number of para-hydroxylation sites is 2. The van der Waals surface area contributed by atoms with E-state index >= 15 is 0 Å². The third kappa shape index (κ3) is 4.68. The highest BCUT2D eigenvalue weighted by molar-refractivity contribution is 7.89. The van der Waals surface area contributed by atoms with Gasteiger partial charge < -0.3 is 10.2 Å². The van der Waals surface area contributed by atoms with Gasteiger partial charge in [0, 0.05) is 31.6 Å². The van der Waals surface area contributed by atoms with Gasteiger partial charge in [0.1, 0.15) is 0 Å². The van der Waals surface area contributed by atoms with Crippen LogP contribution in [-0.2, 0) is 14.8 Å². The van der Waals surface area contributed by atoms with E-state index in [-0.39, 0.29) is 16.4 Å². The number of benzene rings is 2. The predicted octanol–water partition coefficient (Wildman–Crippen LogP) is 4.10. The minimum absolute atomic E-state index is 0.0344. The Kier molecular flexibility index (Phi) is 6.59. The molecule has 2 heterocycles. The number of anilines is 2. The van der Waals surface area contributed by atoms with Crippen molar-refractivity contribution >= 4 is 33.2 Å². The molecule has 2 aliphatic heterocycles. The molecule has 33 heavy (non-hydrogen) atoms. The highest BCUT2D eigenvalue weighted by atomic mass is 32.2. The van der Waals surface area contributed by atoms with Gasteiger partial charge >= 0.3 is 0 Å². The van der Waals surface area contributed by atoms with Crippen LogP contribution in [0, 0.1) is 19.8 Å². The van der Waals surface area contributed by atoms with Crippen LogP contribution in [0.4, 0.5) is 11.4 Å². The van der Waals surface area contributed by atoms with E-state index in [1.807, 2.05) is 19.1 Å². The predicted molar refractivity (Wildman–Crippen MR) is 129 cm³/mol. The molecule has 7 nitrogen and oxygen atoms in total. The second-order valence-corrected chi connectivity index (χ2v) is 11.0. The molecule has 0 aliphatic carbocycles. The number of nitrogens with one attached hydrogen (secondary N) is 1. The summed E-state index contributed by atoms with van der Waals surface area (Å²) >= 11 is 0. The minimum atomic E-state index is -3.70. The molecule has 4 rings (SSSR count). The van der Waals surface area contributed by atoms with Gasteiger partial charge in [0.05, 0.1) is 16.3 Å².